The van der Waals surface area contributed by atoms with E-state index in [-0.39, 0.29) is 17.4 Å². The van der Waals surface area contributed by atoms with Gasteiger partial charge in [-0.15, -0.1) is 11.8 Å². The van der Waals surface area contributed by atoms with Crippen LogP contribution in [0.15, 0.2) is 23.7 Å². The number of aromatic amines is 1. The van der Waals surface area contributed by atoms with Gasteiger partial charge in [0.25, 0.3) is 5.91 Å². The molecular formula is C23H31N3O3S2. The van der Waals surface area contributed by atoms with Gasteiger partial charge in [0.2, 0.25) is 0 Å². The Morgan fingerprint density at radius 3 is 2.65 bits per heavy atom. The summed E-state index contributed by atoms with van der Waals surface area (Å²) in [6, 6.07) is 4.55. The summed E-state index contributed by atoms with van der Waals surface area (Å²) in [5.74, 6) is 0.167. The van der Waals surface area contributed by atoms with Gasteiger partial charge >= 0.3 is 0 Å². The number of nitrogens with zero attached hydrogens (tertiary/aromatic N) is 1. The number of carbonyl (C=O) groups is 1. The zero-order valence-corrected chi connectivity index (χ0v) is 20.0. The number of nitrogens with one attached hydrogen (secondary N) is 1. The summed E-state index contributed by atoms with van der Waals surface area (Å²) < 4.78 is 23.7. The monoisotopic (exact) mass is 461 g/mol. The number of allylic oxidation sites excluding steroid dienone is 1. The van der Waals surface area contributed by atoms with Crippen molar-refractivity contribution in [1.29, 1.82) is 0 Å². The smallest absolute Gasteiger partial charge is 0.250 e. The van der Waals surface area contributed by atoms with Crippen LogP contribution < -0.4 is 5.73 Å². The van der Waals surface area contributed by atoms with Gasteiger partial charge in [-0.05, 0) is 80.3 Å². The lowest BCUT2D eigenvalue weighted by Gasteiger charge is -2.24. The van der Waals surface area contributed by atoms with Crippen LogP contribution in [0.1, 0.15) is 60.5 Å². The van der Waals surface area contributed by atoms with Crippen LogP contribution in [-0.2, 0) is 9.84 Å². The summed E-state index contributed by atoms with van der Waals surface area (Å²) in [4.78, 5) is 17.8. The Labute approximate surface area is 188 Å². The van der Waals surface area contributed by atoms with Crippen molar-refractivity contribution in [2.45, 2.75) is 50.3 Å². The standard InChI is InChI=1S/C23H31N3O3S2/c1-14(2)26(3)12-18-8-17(13-30-18)16-9-19-21(15-4-6-31(28,29)7-5-15)11-25-22(19)20(10-16)23(24)27/h9-11,13-15,18,25H,4-8,12H2,1-3H3,(H2,24,27). The molecule has 1 fully saturated rings. The number of carbonyl (C=O) groups excluding carboxylic acids is 1. The largest absolute Gasteiger partial charge is 0.366 e. The van der Waals surface area contributed by atoms with Crippen molar-refractivity contribution in [3.8, 4) is 0 Å². The van der Waals surface area contributed by atoms with Crippen molar-refractivity contribution < 1.29 is 13.2 Å². The number of hydrogen-bond acceptors (Lipinski definition) is 5. The molecule has 1 aromatic carbocycles. The van der Waals surface area contributed by atoms with E-state index in [9.17, 15) is 13.2 Å². The normalized spacial score (nSPS) is 21.8. The average molecular weight is 462 g/mol. The minimum absolute atomic E-state index is 0.174. The van der Waals surface area contributed by atoms with E-state index in [4.69, 9.17) is 5.73 Å². The van der Waals surface area contributed by atoms with E-state index in [1.54, 1.807) is 0 Å². The second-order valence-electron chi connectivity index (χ2n) is 9.12. The molecule has 31 heavy (non-hydrogen) atoms. The molecule has 3 heterocycles. The minimum atomic E-state index is -2.93. The number of fused-ring (bicyclic) bond motifs is 1. The molecule has 1 amide bonds. The Morgan fingerprint density at radius 1 is 1.29 bits per heavy atom. The quantitative estimate of drug-likeness (QED) is 0.683. The number of thioether (sulfide) groups is 1. The predicted molar refractivity (Wildman–Crippen MR) is 129 cm³/mol. The fraction of sp³-hybridized carbons (Fsp3) is 0.522. The molecule has 8 heteroatoms. The fourth-order valence-corrected chi connectivity index (χ4v) is 7.19. The van der Waals surface area contributed by atoms with Gasteiger partial charge in [0.05, 0.1) is 22.6 Å². The van der Waals surface area contributed by atoms with Crippen molar-refractivity contribution in [2.75, 3.05) is 25.1 Å². The predicted octanol–water partition coefficient (Wildman–Crippen LogP) is 3.75. The number of benzene rings is 1. The first kappa shape index (κ1) is 22.4. The maximum absolute atomic E-state index is 12.2. The van der Waals surface area contributed by atoms with E-state index < -0.39 is 15.7 Å². The molecule has 1 aromatic heterocycles. The van der Waals surface area contributed by atoms with Gasteiger partial charge in [-0.25, -0.2) is 8.42 Å². The molecule has 4 rings (SSSR count). The van der Waals surface area contributed by atoms with Crippen LogP contribution in [0.5, 0.6) is 0 Å². The molecule has 1 atom stereocenters. The summed E-state index contributed by atoms with van der Waals surface area (Å²) >= 11 is 1.85. The summed E-state index contributed by atoms with van der Waals surface area (Å²) in [5.41, 5.74) is 10.3. The first-order valence-electron chi connectivity index (χ1n) is 10.8. The molecule has 1 unspecified atom stereocenters. The number of primary amides is 1. The maximum Gasteiger partial charge on any atom is 0.250 e. The molecule has 0 spiro atoms. The third-order valence-corrected chi connectivity index (χ3v) is 9.51. The SMILES string of the molecule is CC(C)N(C)CC1CC(c2cc(C(N)=O)c3[nH]cc(C4CCS(=O)(=O)CC4)c3c2)=CS1. The van der Waals surface area contributed by atoms with Crippen molar-refractivity contribution in [3.63, 3.8) is 0 Å². The van der Waals surface area contributed by atoms with E-state index in [1.807, 2.05) is 24.0 Å². The second kappa shape index (κ2) is 8.64. The molecule has 2 aliphatic heterocycles. The third kappa shape index (κ3) is 4.71. The lowest BCUT2D eigenvalue weighted by atomic mass is 9.90. The summed E-state index contributed by atoms with van der Waals surface area (Å²) in [6.07, 6.45) is 4.12. The molecule has 2 aromatic rings. The highest BCUT2D eigenvalue weighted by atomic mass is 32.2. The van der Waals surface area contributed by atoms with Gasteiger partial charge in [-0.1, -0.05) is 0 Å². The van der Waals surface area contributed by atoms with Crippen molar-refractivity contribution >= 4 is 44.0 Å². The number of sulfone groups is 1. The third-order valence-electron chi connectivity index (χ3n) is 6.68. The molecule has 0 aliphatic carbocycles. The van der Waals surface area contributed by atoms with Crippen molar-refractivity contribution in [1.82, 2.24) is 9.88 Å². The minimum Gasteiger partial charge on any atom is -0.366 e. The molecule has 168 valence electrons. The van der Waals surface area contributed by atoms with Crippen LogP contribution >= 0.6 is 11.8 Å². The number of H-pyrrole nitrogens is 1. The molecule has 0 radical (unpaired) electrons. The van der Waals surface area contributed by atoms with E-state index in [1.165, 1.54) is 5.57 Å². The topological polar surface area (TPSA) is 96.3 Å². The molecule has 3 N–H and O–H groups in total. The van der Waals surface area contributed by atoms with Crippen LogP contribution in [0.4, 0.5) is 0 Å². The molecule has 1 saturated heterocycles. The number of nitrogens with two attached hydrogens (primary N) is 1. The van der Waals surface area contributed by atoms with E-state index in [0.717, 1.165) is 35.0 Å². The number of hydrogen-bond donors (Lipinski definition) is 2. The van der Waals surface area contributed by atoms with Crippen LogP contribution in [0.25, 0.3) is 16.5 Å². The van der Waals surface area contributed by atoms with Gasteiger partial charge in [0.15, 0.2) is 0 Å². The summed E-state index contributed by atoms with van der Waals surface area (Å²) in [5, 5.41) is 3.69. The van der Waals surface area contributed by atoms with E-state index >= 15 is 0 Å². The molecule has 2 aliphatic rings. The Morgan fingerprint density at radius 2 is 2.00 bits per heavy atom. The van der Waals surface area contributed by atoms with Gasteiger partial charge in [0, 0.05) is 29.4 Å². The van der Waals surface area contributed by atoms with E-state index in [0.29, 0.717) is 29.7 Å². The molecule has 6 nitrogen and oxygen atoms in total. The van der Waals surface area contributed by atoms with Crippen LogP contribution in [0, 0.1) is 0 Å². The zero-order chi connectivity index (χ0) is 22.3. The highest BCUT2D eigenvalue weighted by molar-refractivity contribution is 8.03. The summed E-state index contributed by atoms with van der Waals surface area (Å²) in [6.45, 7) is 5.41. The lowest BCUT2D eigenvalue weighted by Crippen LogP contribution is -2.32. The second-order valence-corrected chi connectivity index (χ2v) is 12.6. The maximum atomic E-state index is 12.2. The zero-order valence-electron chi connectivity index (χ0n) is 18.3. The first-order valence-corrected chi connectivity index (χ1v) is 13.6. The van der Waals surface area contributed by atoms with Crippen LogP contribution in [0.2, 0.25) is 0 Å². The highest BCUT2D eigenvalue weighted by Crippen LogP contribution is 2.40. The van der Waals surface area contributed by atoms with Gasteiger partial charge < -0.3 is 15.6 Å². The van der Waals surface area contributed by atoms with Gasteiger partial charge in [-0.3, -0.25) is 4.79 Å². The van der Waals surface area contributed by atoms with Crippen LogP contribution in [0.3, 0.4) is 0 Å². The number of rotatable bonds is 6. The summed E-state index contributed by atoms with van der Waals surface area (Å²) in [7, 11) is -0.776. The molecule has 0 saturated carbocycles. The Bertz CT molecular complexity index is 1120. The van der Waals surface area contributed by atoms with Gasteiger partial charge in [-0.2, -0.15) is 0 Å². The molecular weight excluding hydrogens is 430 g/mol. The fourth-order valence-electron chi connectivity index (χ4n) is 4.52. The Balaban J connectivity index is 1.65. The van der Waals surface area contributed by atoms with Crippen molar-refractivity contribution in [3.05, 3.63) is 40.4 Å². The Kier molecular flexibility index (Phi) is 6.25. The van der Waals surface area contributed by atoms with Gasteiger partial charge in [0.1, 0.15) is 9.84 Å². The van der Waals surface area contributed by atoms with Crippen molar-refractivity contribution in [2.24, 2.45) is 5.73 Å². The highest BCUT2D eigenvalue weighted by Gasteiger charge is 2.28. The Hall–Kier alpha value is -1.77. The number of aromatic nitrogens is 1. The average Bonchev–Trinajstić information content (AvgIpc) is 3.34. The number of amides is 1. The first-order chi connectivity index (χ1) is 14.6. The molecule has 0 bridgehead atoms. The van der Waals surface area contributed by atoms with Crippen LogP contribution in [-0.4, -0.2) is 60.6 Å². The lowest BCUT2D eigenvalue weighted by molar-refractivity contribution is 0.100. The van der Waals surface area contributed by atoms with E-state index in [2.05, 4.69) is 42.3 Å².